The number of hydrogen-bond acceptors (Lipinski definition) is 3. The van der Waals surface area contributed by atoms with Crippen LogP contribution in [0, 0.1) is 6.92 Å². The number of rotatable bonds is 6. The molecule has 0 amide bonds. The fourth-order valence-electron chi connectivity index (χ4n) is 16.1. The molecule has 88 heavy (non-hydrogen) atoms. The number of fused-ring (bicyclic) bond motifs is 7. The van der Waals surface area contributed by atoms with E-state index in [1.807, 2.05) is 0 Å². The molecule has 2 heterocycles. The first-order valence-corrected chi connectivity index (χ1v) is 32.7. The van der Waals surface area contributed by atoms with Gasteiger partial charge >= 0.3 is 0 Å². The first-order chi connectivity index (χ1) is 41.1. The molecule has 0 bridgehead atoms. The number of hydrogen-bond donors (Lipinski definition) is 0. The van der Waals surface area contributed by atoms with Gasteiger partial charge in [0.2, 0.25) is 0 Å². The predicted octanol–water partition coefficient (Wildman–Crippen LogP) is 21.3. The summed E-state index contributed by atoms with van der Waals surface area (Å²) in [5, 5.41) is 0. The van der Waals surface area contributed by atoms with Gasteiger partial charge in [0.25, 0.3) is 6.71 Å². The summed E-state index contributed by atoms with van der Waals surface area (Å²) in [7, 11) is 0. The van der Waals surface area contributed by atoms with Gasteiger partial charge in [-0.25, -0.2) is 0 Å². The zero-order valence-electron chi connectivity index (χ0n) is 56.9. The van der Waals surface area contributed by atoms with Crippen LogP contribution < -0.4 is 31.1 Å². The highest BCUT2D eigenvalue weighted by Crippen LogP contribution is 2.57. The molecule has 0 aromatic heterocycles. The number of aryl methyl sites for hydroxylation is 1. The van der Waals surface area contributed by atoms with Gasteiger partial charge in [0.15, 0.2) is 0 Å². The fourth-order valence-corrected chi connectivity index (χ4v) is 16.1. The highest BCUT2D eigenvalue weighted by atomic mass is 15.2. The summed E-state index contributed by atoms with van der Waals surface area (Å²) in [4.78, 5) is 7.99. The first kappa shape index (κ1) is 59.4. The van der Waals surface area contributed by atoms with Crippen LogP contribution in [0.3, 0.4) is 0 Å². The van der Waals surface area contributed by atoms with E-state index in [9.17, 15) is 0 Å². The second-order valence-electron chi connectivity index (χ2n) is 33.2. The Morgan fingerprint density at radius 2 is 0.773 bits per heavy atom. The lowest BCUT2D eigenvalue weighted by Crippen LogP contribution is -2.62. The van der Waals surface area contributed by atoms with Crippen molar-refractivity contribution in [2.24, 2.45) is 0 Å². The largest absolute Gasteiger partial charge is 0.311 e. The van der Waals surface area contributed by atoms with Gasteiger partial charge in [-0.05, 0) is 196 Å². The summed E-state index contributed by atoms with van der Waals surface area (Å²) in [6.45, 7) is 50.1. The third-order valence-corrected chi connectivity index (χ3v) is 21.0. The second kappa shape index (κ2) is 19.7. The molecule has 9 aromatic carbocycles. The topological polar surface area (TPSA) is 9.72 Å². The lowest BCUT2D eigenvalue weighted by molar-refractivity contribution is 0.403. The van der Waals surface area contributed by atoms with Crippen LogP contribution >= 0.6 is 0 Å². The molecule has 4 aliphatic rings. The van der Waals surface area contributed by atoms with Crippen LogP contribution in [0.1, 0.15) is 206 Å². The Bertz CT molecular complexity index is 4220. The van der Waals surface area contributed by atoms with Crippen molar-refractivity contribution in [2.75, 3.05) is 14.7 Å². The summed E-state index contributed by atoms with van der Waals surface area (Å²) in [5.74, 6) is 0. The molecule has 0 radical (unpaired) electrons. The maximum Gasteiger partial charge on any atom is 0.252 e. The molecule has 0 unspecified atom stereocenters. The average Bonchev–Trinajstić information content (AvgIpc) is 0.763. The first-order valence-electron chi connectivity index (χ1n) is 32.7. The van der Waals surface area contributed by atoms with Gasteiger partial charge < -0.3 is 14.7 Å². The van der Waals surface area contributed by atoms with Crippen LogP contribution in [0.5, 0.6) is 0 Å². The third-order valence-electron chi connectivity index (χ3n) is 21.0. The Balaban J connectivity index is 1.22. The summed E-state index contributed by atoms with van der Waals surface area (Å²) in [6.07, 6.45) is 1.09. The molecule has 0 fully saturated rings. The minimum Gasteiger partial charge on any atom is -0.311 e. The highest BCUT2D eigenvalue weighted by Gasteiger charge is 2.50. The van der Waals surface area contributed by atoms with Crippen molar-refractivity contribution in [3.8, 4) is 11.1 Å². The van der Waals surface area contributed by atoms with Gasteiger partial charge in [0, 0.05) is 56.2 Å². The monoisotopic (exact) mass is 1160 g/mol. The van der Waals surface area contributed by atoms with Gasteiger partial charge in [0.1, 0.15) is 0 Å². The Kier molecular flexibility index (Phi) is 13.3. The van der Waals surface area contributed by atoms with Crippen molar-refractivity contribution in [1.82, 2.24) is 0 Å². The Morgan fingerprint density at radius 3 is 1.28 bits per heavy atom. The molecule has 0 atom stereocenters. The minimum absolute atomic E-state index is 0.0150. The van der Waals surface area contributed by atoms with Gasteiger partial charge in [-0.3, -0.25) is 0 Å². The molecule has 448 valence electrons. The zero-order chi connectivity index (χ0) is 63.0. The molecular weight excluding hydrogens is 1060 g/mol. The maximum absolute atomic E-state index is 2.76. The van der Waals surface area contributed by atoms with E-state index in [0.717, 1.165) is 29.2 Å². The van der Waals surface area contributed by atoms with E-state index in [2.05, 4.69) is 336 Å². The highest BCUT2D eigenvalue weighted by molar-refractivity contribution is 7.00. The van der Waals surface area contributed by atoms with E-state index >= 15 is 0 Å². The molecule has 2 aliphatic carbocycles. The molecular formula is C84H94BN3. The number of benzene rings is 9. The van der Waals surface area contributed by atoms with Crippen molar-refractivity contribution < 1.29 is 0 Å². The standard InChI is InChI=1S/C84H94BN3/c1-52-43-64-65(82(16,17)51-81(64,14)15)49-72(52)88-73-50-67-66(83(18,19)62-29-25-26-30-63(62)84(67,20)21)48-69(73)85-68-45-57(80(11,12)13)36-42-71(68)87(70-41-35-56(79(8,9)10)44-61(70)53-27-23-22-24-28-53)74-46-60(47-75(88)76(74)85)86(58-37-31-54(32-38-58)77(2,3)4)59-39-33-55(34-40-59)78(5,6)7/h22-50H,51H2,1-21H3. The molecule has 0 spiro atoms. The van der Waals surface area contributed by atoms with Crippen LogP contribution in [0.25, 0.3) is 11.1 Å². The van der Waals surface area contributed by atoms with Crippen molar-refractivity contribution in [3.05, 3.63) is 237 Å². The predicted molar refractivity (Wildman–Crippen MR) is 381 cm³/mol. The molecule has 0 saturated carbocycles. The summed E-state index contributed by atoms with van der Waals surface area (Å²) in [5.41, 5.74) is 31.4. The fraction of sp³-hybridized carbons (Fsp3) is 0.357. The molecule has 13 rings (SSSR count). The minimum atomic E-state index is -0.280. The molecule has 2 aliphatic heterocycles. The van der Waals surface area contributed by atoms with Crippen molar-refractivity contribution in [1.29, 1.82) is 0 Å². The Labute approximate surface area is 529 Å². The van der Waals surface area contributed by atoms with E-state index in [4.69, 9.17) is 0 Å². The van der Waals surface area contributed by atoms with E-state index in [1.54, 1.807) is 0 Å². The lowest BCUT2D eigenvalue weighted by Gasteiger charge is -2.49. The summed E-state index contributed by atoms with van der Waals surface area (Å²) < 4.78 is 0. The lowest BCUT2D eigenvalue weighted by atomic mass is 9.33. The van der Waals surface area contributed by atoms with E-state index < -0.39 is 0 Å². The van der Waals surface area contributed by atoms with Gasteiger partial charge in [0.05, 0.1) is 11.4 Å². The smallest absolute Gasteiger partial charge is 0.252 e. The van der Waals surface area contributed by atoms with Crippen molar-refractivity contribution in [3.63, 3.8) is 0 Å². The van der Waals surface area contributed by atoms with E-state index in [1.165, 1.54) is 117 Å². The number of nitrogens with zero attached hydrogens (tertiary/aromatic N) is 3. The van der Waals surface area contributed by atoms with Crippen LogP contribution in [0.2, 0.25) is 0 Å². The Hall–Kier alpha value is -7.56. The van der Waals surface area contributed by atoms with Crippen molar-refractivity contribution in [2.45, 2.75) is 195 Å². The SMILES string of the molecule is Cc1cc2c(cc1N1c3cc4c(cc3B3c5cc(C(C)(C)C)ccc5N(c5ccc(C(C)(C)C)cc5-c5ccccc5)c5cc(N(c6ccc(C(C)(C)C)cc6)c6ccc(C(C)(C)C)cc6)cc1c53)C(C)(C)c1ccccc1C4(C)C)C(C)(C)CC2(C)C. The second-order valence-corrected chi connectivity index (χ2v) is 33.2. The maximum atomic E-state index is 2.76. The van der Waals surface area contributed by atoms with E-state index in [-0.39, 0.29) is 50.0 Å². The molecule has 9 aromatic rings. The zero-order valence-corrected chi connectivity index (χ0v) is 56.9. The summed E-state index contributed by atoms with van der Waals surface area (Å²) in [6, 6.07) is 69.9. The average molecular weight is 1160 g/mol. The van der Waals surface area contributed by atoms with E-state index in [0.29, 0.717) is 0 Å². The van der Waals surface area contributed by atoms with Crippen LogP contribution in [0.4, 0.5) is 51.2 Å². The molecule has 0 saturated heterocycles. The van der Waals surface area contributed by atoms with Gasteiger partial charge in [-0.2, -0.15) is 0 Å². The normalized spacial score (nSPS) is 16.7. The van der Waals surface area contributed by atoms with Gasteiger partial charge in [-0.15, -0.1) is 0 Å². The number of anilines is 9. The molecule has 4 heteroatoms. The molecule has 0 N–H and O–H groups in total. The Morgan fingerprint density at radius 1 is 0.352 bits per heavy atom. The van der Waals surface area contributed by atoms with Crippen LogP contribution in [0.15, 0.2) is 176 Å². The third kappa shape index (κ3) is 9.42. The quantitative estimate of drug-likeness (QED) is 0.154. The van der Waals surface area contributed by atoms with Crippen LogP contribution in [-0.4, -0.2) is 6.71 Å². The van der Waals surface area contributed by atoms with Crippen molar-refractivity contribution >= 4 is 74.3 Å². The van der Waals surface area contributed by atoms with Gasteiger partial charge in [-0.1, -0.05) is 248 Å². The molecule has 3 nitrogen and oxygen atoms in total. The van der Waals surface area contributed by atoms with Crippen LogP contribution in [-0.2, 0) is 43.3 Å². The summed E-state index contributed by atoms with van der Waals surface area (Å²) >= 11 is 0.